The Labute approximate surface area is 130 Å². The van der Waals surface area contributed by atoms with Gasteiger partial charge in [-0.2, -0.15) is 13.2 Å². The zero-order chi connectivity index (χ0) is 16.2. The number of nitrogens with one attached hydrogen (secondary N) is 2. The van der Waals surface area contributed by atoms with Crippen LogP contribution in [-0.4, -0.2) is 16.5 Å². The average Bonchev–Trinajstić information content (AvgIpc) is 2.93. The van der Waals surface area contributed by atoms with E-state index in [1.54, 1.807) is 0 Å². The molecule has 0 radical (unpaired) electrons. The van der Waals surface area contributed by atoms with Crippen molar-refractivity contribution in [2.45, 2.75) is 32.5 Å². The standard InChI is InChI=1S/C14H17F3N4S/c1-3-6-18-9(2)11-8-22-13(20-11)21-12-5-4-10(7-19-12)14(15,16)17/h4-5,7-9,18H,3,6H2,1-2H3,(H,19,20,21). The molecule has 1 atom stereocenters. The number of hydrogen-bond acceptors (Lipinski definition) is 5. The summed E-state index contributed by atoms with van der Waals surface area (Å²) in [5.74, 6) is 0.336. The second-order valence-corrected chi connectivity index (χ2v) is 5.67. The first-order valence-corrected chi connectivity index (χ1v) is 7.77. The van der Waals surface area contributed by atoms with Crippen molar-refractivity contribution in [3.05, 3.63) is 35.0 Å². The molecule has 0 saturated heterocycles. The Kier molecular flexibility index (Phi) is 5.36. The van der Waals surface area contributed by atoms with Gasteiger partial charge in [-0.05, 0) is 32.0 Å². The van der Waals surface area contributed by atoms with E-state index >= 15 is 0 Å². The van der Waals surface area contributed by atoms with Gasteiger partial charge in [0.05, 0.1) is 11.3 Å². The summed E-state index contributed by atoms with van der Waals surface area (Å²) in [5, 5.41) is 8.76. The molecule has 0 saturated carbocycles. The number of pyridine rings is 1. The van der Waals surface area contributed by atoms with Crippen LogP contribution in [0.3, 0.4) is 0 Å². The summed E-state index contributed by atoms with van der Waals surface area (Å²) in [7, 11) is 0. The third-order valence-electron chi connectivity index (χ3n) is 2.99. The molecule has 0 spiro atoms. The molecule has 0 bridgehead atoms. The van der Waals surface area contributed by atoms with Crippen LogP contribution in [-0.2, 0) is 6.18 Å². The average molecular weight is 330 g/mol. The smallest absolute Gasteiger partial charge is 0.316 e. The molecule has 8 heteroatoms. The van der Waals surface area contributed by atoms with E-state index in [-0.39, 0.29) is 6.04 Å². The van der Waals surface area contributed by atoms with Gasteiger partial charge in [0.25, 0.3) is 0 Å². The number of alkyl halides is 3. The molecule has 2 rings (SSSR count). The van der Waals surface area contributed by atoms with Gasteiger partial charge in [-0.15, -0.1) is 11.3 Å². The molecular formula is C14H17F3N4S. The number of hydrogen-bond donors (Lipinski definition) is 2. The molecular weight excluding hydrogens is 313 g/mol. The van der Waals surface area contributed by atoms with Crippen molar-refractivity contribution in [1.29, 1.82) is 0 Å². The summed E-state index contributed by atoms with van der Waals surface area (Å²) in [5.41, 5.74) is 0.128. The topological polar surface area (TPSA) is 49.8 Å². The van der Waals surface area contributed by atoms with E-state index in [2.05, 4.69) is 27.5 Å². The van der Waals surface area contributed by atoms with Gasteiger partial charge in [0.1, 0.15) is 5.82 Å². The molecule has 2 aromatic rings. The van der Waals surface area contributed by atoms with Gasteiger partial charge in [-0.3, -0.25) is 0 Å². The first-order valence-electron chi connectivity index (χ1n) is 6.89. The fourth-order valence-electron chi connectivity index (χ4n) is 1.75. The van der Waals surface area contributed by atoms with Gasteiger partial charge in [-0.25, -0.2) is 9.97 Å². The SMILES string of the molecule is CCCNC(C)c1csc(Nc2ccc(C(F)(F)F)cn2)n1. The largest absolute Gasteiger partial charge is 0.417 e. The molecule has 0 aromatic carbocycles. The highest BCUT2D eigenvalue weighted by atomic mass is 32.1. The number of aromatic nitrogens is 2. The van der Waals surface area contributed by atoms with Crippen molar-refractivity contribution in [2.24, 2.45) is 0 Å². The normalized spacial score (nSPS) is 13.1. The van der Waals surface area contributed by atoms with E-state index in [1.165, 1.54) is 17.4 Å². The monoisotopic (exact) mass is 330 g/mol. The van der Waals surface area contributed by atoms with Crippen molar-refractivity contribution < 1.29 is 13.2 Å². The van der Waals surface area contributed by atoms with Crippen molar-refractivity contribution in [2.75, 3.05) is 11.9 Å². The molecule has 0 aliphatic heterocycles. The summed E-state index contributed by atoms with van der Waals surface area (Å²) in [6.07, 6.45) is -2.53. The minimum Gasteiger partial charge on any atom is -0.316 e. The van der Waals surface area contributed by atoms with Crippen LogP contribution in [0.15, 0.2) is 23.7 Å². The van der Waals surface area contributed by atoms with Crippen molar-refractivity contribution in [3.63, 3.8) is 0 Å². The van der Waals surface area contributed by atoms with Crippen LogP contribution in [0.25, 0.3) is 0 Å². The summed E-state index contributed by atoms with van der Waals surface area (Å²) < 4.78 is 37.4. The molecule has 22 heavy (non-hydrogen) atoms. The molecule has 2 heterocycles. The molecule has 2 aromatic heterocycles. The van der Waals surface area contributed by atoms with Gasteiger partial charge >= 0.3 is 6.18 Å². The fraction of sp³-hybridized carbons (Fsp3) is 0.429. The Morgan fingerprint density at radius 2 is 2.09 bits per heavy atom. The summed E-state index contributed by atoms with van der Waals surface area (Å²) in [6.45, 7) is 5.01. The van der Waals surface area contributed by atoms with Gasteiger partial charge in [0.15, 0.2) is 5.13 Å². The summed E-state index contributed by atoms with van der Waals surface area (Å²) in [4.78, 5) is 8.18. The Hall–Kier alpha value is -1.67. The van der Waals surface area contributed by atoms with E-state index in [0.717, 1.165) is 30.9 Å². The number of nitrogens with zero attached hydrogens (tertiary/aromatic N) is 2. The second-order valence-electron chi connectivity index (χ2n) is 4.81. The Morgan fingerprint density at radius 3 is 2.68 bits per heavy atom. The maximum Gasteiger partial charge on any atom is 0.417 e. The number of halogens is 3. The lowest BCUT2D eigenvalue weighted by Gasteiger charge is -2.10. The van der Waals surface area contributed by atoms with Crippen LogP contribution in [0.4, 0.5) is 24.1 Å². The Bertz CT molecular complexity index is 595. The zero-order valence-corrected chi connectivity index (χ0v) is 13.1. The van der Waals surface area contributed by atoms with Crippen LogP contribution in [0.2, 0.25) is 0 Å². The van der Waals surface area contributed by atoms with Gasteiger partial charge in [0, 0.05) is 17.6 Å². The maximum atomic E-state index is 12.5. The van der Waals surface area contributed by atoms with E-state index in [1.807, 2.05) is 12.3 Å². The number of anilines is 2. The number of thiazole rings is 1. The third-order valence-corrected chi connectivity index (χ3v) is 3.77. The van der Waals surface area contributed by atoms with Gasteiger partial charge in [-0.1, -0.05) is 6.92 Å². The van der Waals surface area contributed by atoms with E-state index in [9.17, 15) is 13.2 Å². The van der Waals surface area contributed by atoms with E-state index in [0.29, 0.717) is 10.9 Å². The third kappa shape index (κ3) is 4.41. The lowest BCUT2D eigenvalue weighted by molar-refractivity contribution is -0.137. The highest BCUT2D eigenvalue weighted by molar-refractivity contribution is 7.13. The van der Waals surface area contributed by atoms with E-state index < -0.39 is 11.7 Å². The lowest BCUT2D eigenvalue weighted by Crippen LogP contribution is -2.19. The van der Waals surface area contributed by atoms with Crippen molar-refractivity contribution >= 4 is 22.3 Å². The van der Waals surface area contributed by atoms with Crippen LogP contribution in [0.5, 0.6) is 0 Å². The second kappa shape index (κ2) is 7.06. The quantitative estimate of drug-likeness (QED) is 0.826. The highest BCUT2D eigenvalue weighted by Gasteiger charge is 2.30. The molecule has 1 unspecified atom stereocenters. The van der Waals surface area contributed by atoms with Crippen molar-refractivity contribution in [3.8, 4) is 0 Å². The first kappa shape index (κ1) is 16.7. The molecule has 0 fully saturated rings. The lowest BCUT2D eigenvalue weighted by atomic mass is 10.2. The predicted molar refractivity (Wildman–Crippen MR) is 81.3 cm³/mol. The highest BCUT2D eigenvalue weighted by Crippen LogP contribution is 2.29. The van der Waals surface area contributed by atoms with Crippen LogP contribution < -0.4 is 10.6 Å². The van der Waals surface area contributed by atoms with E-state index in [4.69, 9.17) is 0 Å². The fourth-order valence-corrected chi connectivity index (χ4v) is 2.56. The number of rotatable bonds is 6. The molecule has 2 N–H and O–H groups in total. The Morgan fingerprint density at radius 1 is 1.32 bits per heavy atom. The molecule has 0 amide bonds. The summed E-state index contributed by atoms with van der Waals surface area (Å²) >= 11 is 1.39. The Balaban J connectivity index is 2.01. The first-order chi connectivity index (χ1) is 10.4. The van der Waals surface area contributed by atoms with Crippen LogP contribution in [0.1, 0.15) is 37.6 Å². The molecule has 0 aliphatic rings. The summed E-state index contributed by atoms with van der Waals surface area (Å²) in [6, 6.07) is 2.42. The van der Waals surface area contributed by atoms with Crippen LogP contribution >= 0.6 is 11.3 Å². The maximum absolute atomic E-state index is 12.5. The van der Waals surface area contributed by atoms with Crippen molar-refractivity contribution in [1.82, 2.24) is 15.3 Å². The molecule has 120 valence electrons. The minimum absolute atomic E-state index is 0.132. The molecule has 4 nitrogen and oxygen atoms in total. The predicted octanol–water partition coefficient (Wildman–Crippen LogP) is 4.36. The van der Waals surface area contributed by atoms with Gasteiger partial charge in [0.2, 0.25) is 0 Å². The van der Waals surface area contributed by atoms with Crippen LogP contribution in [0, 0.1) is 0 Å². The minimum atomic E-state index is -4.37. The zero-order valence-electron chi connectivity index (χ0n) is 12.2. The molecule has 0 aliphatic carbocycles. The van der Waals surface area contributed by atoms with Gasteiger partial charge < -0.3 is 10.6 Å².